The number of anilines is 1. The van der Waals surface area contributed by atoms with Crippen LogP contribution in [-0.4, -0.2) is 30.6 Å². The highest BCUT2D eigenvalue weighted by atomic mass is 19.1. The van der Waals surface area contributed by atoms with Gasteiger partial charge in [0.15, 0.2) is 0 Å². The Morgan fingerprint density at radius 1 is 1.22 bits per heavy atom. The SMILES string of the molecule is CCO[C@@H]1C[C@@H](NC(=O)C(=O)Nc2cc(F)cc(F)c2)C1(C)C. The average molecular weight is 326 g/mol. The van der Waals surface area contributed by atoms with Crippen LogP contribution in [0.2, 0.25) is 0 Å². The van der Waals surface area contributed by atoms with E-state index in [4.69, 9.17) is 4.74 Å². The van der Waals surface area contributed by atoms with Gasteiger partial charge in [-0.25, -0.2) is 8.78 Å². The van der Waals surface area contributed by atoms with Crippen LogP contribution in [0.15, 0.2) is 18.2 Å². The van der Waals surface area contributed by atoms with E-state index in [-0.39, 0.29) is 23.2 Å². The smallest absolute Gasteiger partial charge is 0.313 e. The third kappa shape index (κ3) is 3.85. The quantitative estimate of drug-likeness (QED) is 0.834. The minimum Gasteiger partial charge on any atom is -0.378 e. The normalized spacial score (nSPS) is 22.1. The summed E-state index contributed by atoms with van der Waals surface area (Å²) in [5.74, 6) is -3.48. The second-order valence-electron chi connectivity index (χ2n) is 6.14. The summed E-state index contributed by atoms with van der Waals surface area (Å²) >= 11 is 0. The number of amides is 2. The van der Waals surface area contributed by atoms with E-state index in [2.05, 4.69) is 10.6 Å². The Bertz CT molecular complexity index is 599. The van der Waals surface area contributed by atoms with E-state index in [0.717, 1.165) is 12.1 Å². The minimum absolute atomic E-state index is 0.0261. The van der Waals surface area contributed by atoms with Crippen molar-refractivity contribution < 1.29 is 23.1 Å². The maximum Gasteiger partial charge on any atom is 0.313 e. The molecule has 0 bridgehead atoms. The molecule has 1 aromatic rings. The van der Waals surface area contributed by atoms with Gasteiger partial charge in [0.25, 0.3) is 0 Å². The fourth-order valence-electron chi connectivity index (χ4n) is 2.65. The van der Waals surface area contributed by atoms with Crippen molar-refractivity contribution in [2.75, 3.05) is 11.9 Å². The van der Waals surface area contributed by atoms with Gasteiger partial charge in [-0.15, -0.1) is 0 Å². The Morgan fingerprint density at radius 3 is 2.35 bits per heavy atom. The van der Waals surface area contributed by atoms with Crippen molar-refractivity contribution in [3.63, 3.8) is 0 Å². The summed E-state index contributed by atoms with van der Waals surface area (Å²) < 4.78 is 31.7. The number of nitrogens with one attached hydrogen (secondary N) is 2. The molecule has 2 atom stereocenters. The number of carbonyl (C=O) groups is 2. The van der Waals surface area contributed by atoms with E-state index in [9.17, 15) is 18.4 Å². The van der Waals surface area contributed by atoms with E-state index in [1.807, 2.05) is 20.8 Å². The number of carbonyl (C=O) groups excluding carboxylic acids is 2. The van der Waals surface area contributed by atoms with Crippen molar-refractivity contribution in [1.82, 2.24) is 5.32 Å². The number of rotatable bonds is 4. The summed E-state index contributed by atoms with van der Waals surface area (Å²) in [6.07, 6.45) is 0.646. The van der Waals surface area contributed by atoms with Crippen molar-refractivity contribution >= 4 is 17.5 Å². The Morgan fingerprint density at radius 2 is 1.83 bits per heavy atom. The molecule has 0 unspecified atom stereocenters. The fraction of sp³-hybridized carbons (Fsp3) is 0.500. The van der Waals surface area contributed by atoms with Crippen LogP contribution in [0.1, 0.15) is 27.2 Å². The van der Waals surface area contributed by atoms with Gasteiger partial charge in [0.1, 0.15) is 11.6 Å². The van der Waals surface area contributed by atoms with Gasteiger partial charge in [0.2, 0.25) is 0 Å². The van der Waals surface area contributed by atoms with E-state index in [1.54, 1.807) is 0 Å². The highest BCUT2D eigenvalue weighted by Crippen LogP contribution is 2.42. The molecule has 0 heterocycles. The summed E-state index contributed by atoms with van der Waals surface area (Å²) in [5, 5.41) is 4.80. The largest absolute Gasteiger partial charge is 0.378 e. The monoisotopic (exact) mass is 326 g/mol. The lowest BCUT2D eigenvalue weighted by atomic mass is 9.64. The molecule has 7 heteroatoms. The maximum absolute atomic E-state index is 13.1. The first-order valence-corrected chi connectivity index (χ1v) is 7.43. The van der Waals surface area contributed by atoms with Gasteiger partial charge in [-0.05, 0) is 25.5 Å². The van der Waals surface area contributed by atoms with Crippen LogP contribution >= 0.6 is 0 Å². The minimum atomic E-state index is -0.967. The van der Waals surface area contributed by atoms with Gasteiger partial charge >= 0.3 is 11.8 Å². The van der Waals surface area contributed by atoms with Crippen molar-refractivity contribution in [2.24, 2.45) is 5.41 Å². The van der Waals surface area contributed by atoms with E-state index < -0.39 is 23.4 Å². The summed E-state index contributed by atoms with van der Waals surface area (Å²) in [6.45, 7) is 6.37. The van der Waals surface area contributed by atoms with Crippen LogP contribution in [-0.2, 0) is 14.3 Å². The third-order valence-corrected chi connectivity index (χ3v) is 4.18. The van der Waals surface area contributed by atoms with Crippen LogP contribution in [0.3, 0.4) is 0 Å². The van der Waals surface area contributed by atoms with Gasteiger partial charge in [-0.3, -0.25) is 9.59 Å². The Labute approximate surface area is 133 Å². The summed E-state index contributed by atoms with van der Waals surface area (Å²) in [5.41, 5.74) is -0.389. The lowest BCUT2D eigenvalue weighted by Gasteiger charge is -2.51. The van der Waals surface area contributed by atoms with Crippen molar-refractivity contribution in [2.45, 2.75) is 39.3 Å². The molecule has 0 radical (unpaired) electrons. The van der Waals surface area contributed by atoms with Gasteiger partial charge in [-0.1, -0.05) is 13.8 Å². The van der Waals surface area contributed by atoms with Gasteiger partial charge in [-0.2, -0.15) is 0 Å². The molecule has 2 rings (SSSR count). The molecule has 126 valence electrons. The van der Waals surface area contributed by atoms with Gasteiger partial charge in [0, 0.05) is 29.8 Å². The maximum atomic E-state index is 13.1. The second-order valence-corrected chi connectivity index (χ2v) is 6.14. The molecule has 1 saturated carbocycles. The summed E-state index contributed by atoms with van der Waals surface area (Å²) in [6, 6.07) is 2.36. The van der Waals surface area contributed by atoms with Crippen LogP contribution < -0.4 is 10.6 Å². The van der Waals surface area contributed by atoms with Crippen molar-refractivity contribution in [1.29, 1.82) is 0 Å². The summed E-state index contributed by atoms with van der Waals surface area (Å²) in [7, 11) is 0. The molecular weight excluding hydrogens is 306 g/mol. The van der Waals surface area contributed by atoms with E-state index in [1.165, 1.54) is 0 Å². The number of benzene rings is 1. The predicted octanol–water partition coefficient (Wildman–Crippen LogP) is 2.22. The molecular formula is C16H20F2N2O3. The van der Waals surface area contributed by atoms with Crippen LogP contribution in [0.4, 0.5) is 14.5 Å². The lowest BCUT2D eigenvalue weighted by Crippen LogP contribution is -2.63. The lowest BCUT2D eigenvalue weighted by molar-refractivity contribution is -0.144. The first kappa shape index (κ1) is 17.3. The predicted molar refractivity (Wildman–Crippen MR) is 80.7 cm³/mol. The second kappa shape index (κ2) is 6.62. The highest BCUT2D eigenvalue weighted by molar-refractivity contribution is 6.39. The number of hydrogen-bond donors (Lipinski definition) is 2. The molecule has 0 spiro atoms. The highest BCUT2D eigenvalue weighted by Gasteiger charge is 2.49. The molecule has 5 nitrogen and oxygen atoms in total. The molecule has 1 aromatic carbocycles. The molecule has 1 fully saturated rings. The Hall–Kier alpha value is -2.02. The molecule has 0 aromatic heterocycles. The third-order valence-electron chi connectivity index (χ3n) is 4.18. The fourth-order valence-corrected chi connectivity index (χ4v) is 2.65. The molecule has 1 aliphatic carbocycles. The number of halogens is 2. The van der Waals surface area contributed by atoms with Crippen LogP contribution in [0.25, 0.3) is 0 Å². The zero-order chi connectivity index (χ0) is 17.2. The molecule has 2 amide bonds. The Balaban J connectivity index is 1.92. The first-order chi connectivity index (χ1) is 10.7. The summed E-state index contributed by atoms with van der Waals surface area (Å²) in [4.78, 5) is 23.8. The standard InChI is InChI=1S/C16H20F2N2O3/c1-4-23-13-8-12(16(13,2)3)20-15(22)14(21)19-11-6-9(17)5-10(18)7-11/h5-7,12-13H,4,8H2,1-3H3,(H,19,21)(H,20,22)/t12-,13-/m1/s1. The zero-order valence-corrected chi connectivity index (χ0v) is 13.3. The van der Waals surface area contributed by atoms with Crippen molar-refractivity contribution in [3.05, 3.63) is 29.8 Å². The van der Waals surface area contributed by atoms with E-state index >= 15 is 0 Å². The van der Waals surface area contributed by atoms with E-state index in [0.29, 0.717) is 19.1 Å². The number of ether oxygens (including phenoxy) is 1. The Kier molecular flexibility index (Phi) is 4.99. The van der Waals surface area contributed by atoms with Crippen LogP contribution in [0, 0.1) is 17.0 Å². The average Bonchev–Trinajstić information content (AvgIpc) is 2.44. The molecule has 2 N–H and O–H groups in total. The topological polar surface area (TPSA) is 67.4 Å². The molecule has 23 heavy (non-hydrogen) atoms. The van der Waals surface area contributed by atoms with Gasteiger partial charge < -0.3 is 15.4 Å². The number of hydrogen-bond acceptors (Lipinski definition) is 3. The zero-order valence-electron chi connectivity index (χ0n) is 13.3. The molecule has 0 saturated heterocycles. The van der Waals surface area contributed by atoms with Gasteiger partial charge in [0.05, 0.1) is 6.10 Å². The molecule has 1 aliphatic rings. The van der Waals surface area contributed by atoms with Crippen molar-refractivity contribution in [3.8, 4) is 0 Å². The van der Waals surface area contributed by atoms with Crippen LogP contribution in [0.5, 0.6) is 0 Å². The first-order valence-electron chi connectivity index (χ1n) is 7.43. The molecule has 0 aliphatic heterocycles.